The third-order valence-electron chi connectivity index (χ3n) is 3.89. The predicted molar refractivity (Wildman–Crippen MR) is 104 cm³/mol. The van der Waals surface area contributed by atoms with Crippen molar-refractivity contribution in [3.63, 3.8) is 0 Å². The Balaban J connectivity index is 1.93. The molecule has 1 heterocycles. The Morgan fingerprint density at radius 1 is 1.07 bits per heavy atom. The fraction of sp³-hybridized carbons (Fsp3) is 0.100. The minimum Gasteiger partial charge on any atom is -0.493 e. The second-order valence-electron chi connectivity index (χ2n) is 5.86. The molecule has 0 saturated heterocycles. The van der Waals surface area contributed by atoms with Crippen molar-refractivity contribution in [2.45, 2.75) is 0 Å². The molecule has 6 nitrogen and oxygen atoms in total. The van der Waals surface area contributed by atoms with E-state index in [9.17, 15) is 14.0 Å². The monoisotopic (exact) mass is 402 g/mol. The highest BCUT2D eigenvalue weighted by Gasteiger charge is 2.17. The summed E-state index contributed by atoms with van der Waals surface area (Å²) in [4.78, 5) is 24.5. The topological polar surface area (TPSA) is 69.6 Å². The third kappa shape index (κ3) is 4.32. The molecular weight excluding hydrogens is 387 g/mol. The number of carbonyl (C=O) groups excluding carboxylic acids is 1. The molecule has 0 bridgehead atoms. The van der Waals surface area contributed by atoms with E-state index in [0.29, 0.717) is 10.7 Å². The summed E-state index contributed by atoms with van der Waals surface area (Å²) in [5, 5.41) is 2.96. The molecule has 144 valence electrons. The van der Waals surface area contributed by atoms with Crippen molar-refractivity contribution in [3.8, 4) is 17.2 Å². The number of hydrogen-bond acceptors (Lipinski definition) is 4. The summed E-state index contributed by atoms with van der Waals surface area (Å²) in [5.41, 5.74) is 0.203. The van der Waals surface area contributed by atoms with E-state index in [1.54, 1.807) is 19.2 Å². The lowest BCUT2D eigenvalue weighted by Crippen LogP contribution is -2.18. The van der Waals surface area contributed by atoms with E-state index in [1.165, 1.54) is 54.3 Å². The zero-order chi connectivity index (χ0) is 20.3. The number of benzene rings is 2. The van der Waals surface area contributed by atoms with Gasteiger partial charge in [0.1, 0.15) is 11.6 Å². The first-order valence-corrected chi connectivity index (χ1v) is 8.54. The van der Waals surface area contributed by atoms with E-state index in [-0.39, 0.29) is 28.4 Å². The number of pyridine rings is 1. The molecule has 1 aromatic heterocycles. The fourth-order valence-electron chi connectivity index (χ4n) is 2.44. The molecule has 0 aliphatic heterocycles. The number of ether oxygens (including phenoxy) is 2. The maximum Gasteiger partial charge on any atom is 0.259 e. The van der Waals surface area contributed by atoms with Gasteiger partial charge in [-0.2, -0.15) is 0 Å². The van der Waals surface area contributed by atoms with Gasteiger partial charge in [0.05, 0.1) is 12.7 Å². The van der Waals surface area contributed by atoms with Gasteiger partial charge < -0.3 is 19.4 Å². The second-order valence-corrected chi connectivity index (χ2v) is 6.29. The molecule has 0 unspecified atom stereocenters. The Kier molecular flexibility index (Phi) is 5.65. The van der Waals surface area contributed by atoms with Crippen molar-refractivity contribution in [2.24, 2.45) is 7.05 Å². The van der Waals surface area contributed by atoms with Gasteiger partial charge in [0.2, 0.25) is 0 Å². The highest BCUT2D eigenvalue weighted by atomic mass is 35.5. The van der Waals surface area contributed by atoms with E-state index in [2.05, 4.69) is 5.32 Å². The summed E-state index contributed by atoms with van der Waals surface area (Å²) in [7, 11) is 2.99. The number of halogens is 2. The molecule has 3 aromatic rings. The van der Waals surface area contributed by atoms with E-state index >= 15 is 0 Å². The minimum atomic E-state index is -0.521. The number of nitrogens with zero attached hydrogens (tertiary/aromatic N) is 1. The summed E-state index contributed by atoms with van der Waals surface area (Å²) in [6, 6.07) is 11.2. The number of rotatable bonds is 5. The van der Waals surface area contributed by atoms with Crippen molar-refractivity contribution < 1.29 is 18.7 Å². The summed E-state index contributed by atoms with van der Waals surface area (Å²) >= 11 is 6.03. The number of carbonyl (C=O) groups is 1. The van der Waals surface area contributed by atoms with Crippen LogP contribution >= 0.6 is 11.6 Å². The number of aryl methyl sites for hydroxylation is 1. The SMILES string of the molecule is COc1cc(F)ccc1Oc1ccc(Cl)cc1C(=O)Nc1ccn(C)c(=O)c1. The van der Waals surface area contributed by atoms with Gasteiger partial charge in [0, 0.05) is 36.1 Å². The number of amides is 1. The van der Waals surface area contributed by atoms with Crippen LogP contribution in [-0.4, -0.2) is 17.6 Å². The molecule has 28 heavy (non-hydrogen) atoms. The molecular formula is C20H16ClFN2O4. The van der Waals surface area contributed by atoms with Gasteiger partial charge in [-0.1, -0.05) is 11.6 Å². The molecule has 3 rings (SSSR count). The lowest BCUT2D eigenvalue weighted by molar-refractivity contribution is 0.102. The molecule has 8 heteroatoms. The van der Waals surface area contributed by atoms with Crippen LogP contribution in [0.3, 0.4) is 0 Å². The van der Waals surface area contributed by atoms with Gasteiger partial charge in [0.15, 0.2) is 11.5 Å². The largest absolute Gasteiger partial charge is 0.493 e. The Morgan fingerprint density at radius 3 is 2.54 bits per heavy atom. The van der Waals surface area contributed by atoms with Crippen molar-refractivity contribution in [1.82, 2.24) is 4.57 Å². The van der Waals surface area contributed by atoms with Crippen LogP contribution in [0.5, 0.6) is 17.2 Å². The number of methoxy groups -OCH3 is 1. The second kappa shape index (κ2) is 8.14. The highest BCUT2D eigenvalue weighted by Crippen LogP contribution is 2.34. The molecule has 1 amide bonds. The van der Waals surface area contributed by atoms with Crippen molar-refractivity contribution in [2.75, 3.05) is 12.4 Å². The normalized spacial score (nSPS) is 10.4. The molecule has 0 atom stereocenters. The lowest BCUT2D eigenvalue weighted by atomic mass is 10.1. The maximum absolute atomic E-state index is 13.4. The first-order valence-electron chi connectivity index (χ1n) is 8.16. The first-order chi connectivity index (χ1) is 13.4. The molecule has 0 spiro atoms. The minimum absolute atomic E-state index is 0.138. The predicted octanol–water partition coefficient (Wildman–Crippen LogP) is 4.23. The maximum atomic E-state index is 13.4. The highest BCUT2D eigenvalue weighted by molar-refractivity contribution is 6.31. The van der Waals surface area contributed by atoms with Gasteiger partial charge in [0.25, 0.3) is 11.5 Å². The Morgan fingerprint density at radius 2 is 1.82 bits per heavy atom. The van der Waals surface area contributed by atoms with Gasteiger partial charge in [-0.05, 0) is 36.4 Å². The lowest BCUT2D eigenvalue weighted by Gasteiger charge is -2.14. The van der Waals surface area contributed by atoms with Crippen LogP contribution in [0.2, 0.25) is 5.02 Å². The molecule has 1 N–H and O–H groups in total. The number of aromatic nitrogens is 1. The Hall–Kier alpha value is -3.32. The Bertz CT molecular complexity index is 1100. The van der Waals surface area contributed by atoms with Crippen LogP contribution in [0, 0.1) is 5.82 Å². The van der Waals surface area contributed by atoms with Crippen LogP contribution in [0.25, 0.3) is 0 Å². The van der Waals surface area contributed by atoms with Gasteiger partial charge in [-0.15, -0.1) is 0 Å². The third-order valence-corrected chi connectivity index (χ3v) is 4.13. The zero-order valence-electron chi connectivity index (χ0n) is 15.0. The summed E-state index contributed by atoms with van der Waals surface area (Å²) in [5.74, 6) is -0.409. The van der Waals surface area contributed by atoms with Gasteiger partial charge in [-0.3, -0.25) is 9.59 Å². The van der Waals surface area contributed by atoms with Crippen LogP contribution < -0.4 is 20.3 Å². The van der Waals surface area contributed by atoms with Crippen LogP contribution in [0.1, 0.15) is 10.4 Å². The molecule has 0 radical (unpaired) electrons. The van der Waals surface area contributed by atoms with Crippen molar-refractivity contribution in [3.05, 3.63) is 81.5 Å². The van der Waals surface area contributed by atoms with Crippen molar-refractivity contribution in [1.29, 1.82) is 0 Å². The van der Waals surface area contributed by atoms with E-state index in [1.807, 2.05) is 0 Å². The summed E-state index contributed by atoms with van der Waals surface area (Å²) in [6.07, 6.45) is 1.54. The zero-order valence-corrected chi connectivity index (χ0v) is 15.8. The van der Waals surface area contributed by atoms with Crippen molar-refractivity contribution >= 4 is 23.2 Å². The first kappa shape index (κ1) is 19.4. The smallest absolute Gasteiger partial charge is 0.259 e. The standard InChI is InChI=1S/C20H16ClFN2O4/c1-24-8-7-14(11-19(24)25)23-20(26)15-9-12(21)3-5-16(15)28-17-6-4-13(22)10-18(17)27-2/h3-11H,1-2H3,(H,23,26). The summed E-state index contributed by atoms with van der Waals surface area (Å²) < 4.78 is 25.7. The molecule has 2 aromatic carbocycles. The van der Waals surface area contributed by atoms with E-state index in [4.69, 9.17) is 21.1 Å². The molecule has 0 aliphatic rings. The summed E-state index contributed by atoms with van der Waals surface area (Å²) in [6.45, 7) is 0. The van der Waals surface area contributed by atoms with Crippen LogP contribution in [0.15, 0.2) is 59.5 Å². The number of hydrogen-bond donors (Lipinski definition) is 1. The number of nitrogens with one attached hydrogen (secondary N) is 1. The fourth-order valence-corrected chi connectivity index (χ4v) is 2.61. The molecule has 0 fully saturated rings. The van der Waals surface area contributed by atoms with Gasteiger partial charge >= 0.3 is 0 Å². The van der Waals surface area contributed by atoms with Crippen LogP contribution in [-0.2, 0) is 7.05 Å². The van der Waals surface area contributed by atoms with Crippen LogP contribution in [0.4, 0.5) is 10.1 Å². The molecule has 0 aliphatic carbocycles. The average molecular weight is 403 g/mol. The quantitative estimate of drug-likeness (QED) is 0.693. The Labute approximate surface area is 165 Å². The molecule has 0 saturated carbocycles. The van der Waals surface area contributed by atoms with Gasteiger partial charge in [-0.25, -0.2) is 4.39 Å². The average Bonchev–Trinajstić information content (AvgIpc) is 2.67. The van der Waals surface area contributed by atoms with E-state index in [0.717, 1.165) is 0 Å². The number of anilines is 1. The van der Waals surface area contributed by atoms with E-state index < -0.39 is 11.7 Å².